The van der Waals surface area contributed by atoms with Crippen molar-refractivity contribution in [2.75, 3.05) is 13.6 Å². The summed E-state index contributed by atoms with van der Waals surface area (Å²) in [5, 5.41) is 7.53. The monoisotopic (exact) mass is 263 g/mol. The normalized spacial score (nSPS) is 16.2. The second-order valence-electron chi connectivity index (χ2n) is 5.56. The van der Waals surface area contributed by atoms with Crippen LogP contribution in [0, 0.1) is 17.1 Å². The lowest BCUT2D eigenvalue weighted by Crippen LogP contribution is -2.26. The summed E-state index contributed by atoms with van der Waals surface area (Å²) in [4.78, 5) is 2.25. The first-order valence-electron chi connectivity index (χ1n) is 6.87. The van der Waals surface area contributed by atoms with E-state index in [-0.39, 0.29) is 11.7 Å². The van der Waals surface area contributed by atoms with E-state index in [1.54, 1.807) is 6.07 Å². The zero-order valence-corrected chi connectivity index (χ0v) is 11.5. The summed E-state index contributed by atoms with van der Waals surface area (Å²) in [6.07, 6.45) is 5.31. The summed E-state index contributed by atoms with van der Waals surface area (Å²) in [5.74, 6) is 0.377. The Morgan fingerprint density at radius 2 is 2.11 bits per heavy atom. The molecule has 1 aromatic rings. The molecule has 0 saturated heterocycles. The Hall–Kier alpha value is -1.42. The van der Waals surface area contributed by atoms with E-state index >= 15 is 0 Å². The highest BCUT2D eigenvalue weighted by atomic mass is 19.1. The van der Waals surface area contributed by atoms with Crippen molar-refractivity contribution in [3.05, 3.63) is 35.1 Å². The lowest BCUT2D eigenvalue weighted by Gasteiger charge is -2.22. The van der Waals surface area contributed by atoms with Crippen molar-refractivity contribution in [3.63, 3.8) is 0 Å². The van der Waals surface area contributed by atoms with Gasteiger partial charge in [-0.15, -0.1) is 0 Å². The van der Waals surface area contributed by atoms with Crippen LogP contribution in [0.15, 0.2) is 18.2 Å². The fraction of sp³-hybridized carbons (Fsp3) is 0.533. The van der Waals surface area contributed by atoms with E-state index < -0.39 is 0 Å². The topological polar surface area (TPSA) is 53.1 Å². The maximum absolute atomic E-state index is 13.2. The largest absolute Gasteiger partial charge is 0.384 e. The van der Waals surface area contributed by atoms with Crippen LogP contribution >= 0.6 is 0 Å². The van der Waals surface area contributed by atoms with Crippen LogP contribution in [0.1, 0.15) is 36.8 Å². The molecule has 1 aliphatic rings. The predicted molar refractivity (Wildman–Crippen MR) is 75.7 cm³/mol. The average molecular weight is 263 g/mol. The number of nitrogen functional groups attached to an aromatic ring is 1. The number of hydrogen-bond donors (Lipinski definition) is 2. The van der Waals surface area contributed by atoms with E-state index in [1.807, 2.05) is 0 Å². The second-order valence-corrected chi connectivity index (χ2v) is 5.56. The van der Waals surface area contributed by atoms with Gasteiger partial charge in [-0.2, -0.15) is 0 Å². The van der Waals surface area contributed by atoms with Gasteiger partial charge in [-0.1, -0.05) is 18.9 Å². The minimum absolute atomic E-state index is 0.0660. The van der Waals surface area contributed by atoms with E-state index in [4.69, 9.17) is 11.1 Å². The second kappa shape index (κ2) is 6.15. The van der Waals surface area contributed by atoms with Crippen LogP contribution in [0.4, 0.5) is 4.39 Å². The molecule has 0 radical (unpaired) electrons. The molecule has 1 aromatic carbocycles. The lowest BCUT2D eigenvalue weighted by molar-refractivity contribution is 0.271. The number of benzene rings is 1. The molecule has 0 aliphatic heterocycles. The third-order valence-electron chi connectivity index (χ3n) is 3.85. The molecule has 0 atom stereocenters. The highest BCUT2D eigenvalue weighted by Crippen LogP contribution is 2.25. The molecule has 1 saturated carbocycles. The first-order valence-corrected chi connectivity index (χ1v) is 6.87. The van der Waals surface area contributed by atoms with Gasteiger partial charge in [0.2, 0.25) is 0 Å². The first kappa shape index (κ1) is 14.0. The molecule has 0 spiro atoms. The van der Waals surface area contributed by atoms with Gasteiger partial charge in [0.1, 0.15) is 11.7 Å². The molecule has 1 aliphatic carbocycles. The Morgan fingerprint density at radius 1 is 1.42 bits per heavy atom. The van der Waals surface area contributed by atoms with E-state index in [0.717, 1.165) is 18.0 Å². The molecule has 0 unspecified atom stereocenters. The number of halogens is 1. The highest BCUT2D eigenvalue weighted by molar-refractivity contribution is 5.96. The van der Waals surface area contributed by atoms with Crippen molar-refractivity contribution in [1.82, 2.24) is 4.90 Å². The fourth-order valence-electron chi connectivity index (χ4n) is 2.93. The Kier molecular flexibility index (Phi) is 4.53. The molecular weight excluding hydrogens is 241 g/mol. The number of nitrogens with one attached hydrogen (secondary N) is 1. The van der Waals surface area contributed by atoms with Crippen molar-refractivity contribution in [3.8, 4) is 0 Å². The van der Waals surface area contributed by atoms with Crippen LogP contribution < -0.4 is 5.73 Å². The maximum atomic E-state index is 13.2. The fourth-order valence-corrected chi connectivity index (χ4v) is 2.93. The molecule has 0 aromatic heterocycles. The summed E-state index contributed by atoms with van der Waals surface area (Å²) in [5.41, 5.74) is 6.96. The summed E-state index contributed by atoms with van der Waals surface area (Å²) in [7, 11) is 2.07. The molecule has 19 heavy (non-hydrogen) atoms. The van der Waals surface area contributed by atoms with E-state index in [9.17, 15) is 4.39 Å². The lowest BCUT2D eigenvalue weighted by atomic mass is 10.0. The summed E-state index contributed by atoms with van der Waals surface area (Å²) in [6.45, 7) is 1.78. The Morgan fingerprint density at radius 3 is 2.74 bits per heavy atom. The van der Waals surface area contributed by atoms with Crippen LogP contribution in [0.5, 0.6) is 0 Å². The van der Waals surface area contributed by atoms with Crippen molar-refractivity contribution in [1.29, 1.82) is 5.41 Å². The predicted octanol–water partition coefficient (Wildman–Crippen LogP) is 2.73. The van der Waals surface area contributed by atoms with E-state index in [2.05, 4.69) is 11.9 Å². The summed E-state index contributed by atoms with van der Waals surface area (Å²) < 4.78 is 13.2. The van der Waals surface area contributed by atoms with Gasteiger partial charge in [-0.25, -0.2) is 4.39 Å². The first-order chi connectivity index (χ1) is 9.06. The van der Waals surface area contributed by atoms with Gasteiger partial charge >= 0.3 is 0 Å². The Labute approximate surface area is 114 Å². The molecule has 104 valence electrons. The van der Waals surface area contributed by atoms with Crippen molar-refractivity contribution >= 4 is 5.84 Å². The van der Waals surface area contributed by atoms with Gasteiger partial charge in [-0.3, -0.25) is 5.41 Å². The van der Waals surface area contributed by atoms with Gasteiger partial charge in [0.25, 0.3) is 0 Å². The van der Waals surface area contributed by atoms with Crippen molar-refractivity contribution in [2.45, 2.75) is 32.2 Å². The smallest absolute Gasteiger partial charge is 0.123 e. The molecule has 2 rings (SSSR count). The Balaban J connectivity index is 2.03. The molecule has 4 heteroatoms. The zero-order chi connectivity index (χ0) is 13.8. The van der Waals surface area contributed by atoms with Gasteiger partial charge in [0, 0.05) is 18.7 Å². The maximum Gasteiger partial charge on any atom is 0.123 e. The number of nitrogens with zero attached hydrogens (tertiary/aromatic N) is 1. The molecule has 1 fully saturated rings. The third-order valence-corrected chi connectivity index (χ3v) is 3.85. The highest BCUT2D eigenvalue weighted by Gasteiger charge is 2.17. The molecule has 3 N–H and O–H groups in total. The number of rotatable bonds is 5. The average Bonchev–Trinajstić information content (AvgIpc) is 2.83. The minimum Gasteiger partial charge on any atom is -0.384 e. The molecule has 3 nitrogen and oxygen atoms in total. The molecule has 0 bridgehead atoms. The SMILES string of the molecule is CN(Cc1ccc(F)cc1C(=N)N)CC1CCCC1. The van der Waals surface area contributed by atoms with Crippen LogP contribution in [-0.4, -0.2) is 24.3 Å². The molecule has 0 amide bonds. The van der Waals surface area contributed by atoms with Crippen LogP contribution in [0.3, 0.4) is 0 Å². The van der Waals surface area contributed by atoms with Gasteiger partial charge in [0.05, 0.1) is 0 Å². The van der Waals surface area contributed by atoms with Gasteiger partial charge in [0.15, 0.2) is 0 Å². The molecule has 0 heterocycles. The summed E-state index contributed by atoms with van der Waals surface area (Å²) in [6, 6.07) is 4.52. The Bertz CT molecular complexity index is 453. The third kappa shape index (κ3) is 3.77. The quantitative estimate of drug-likeness (QED) is 0.634. The van der Waals surface area contributed by atoms with Gasteiger partial charge < -0.3 is 10.6 Å². The van der Waals surface area contributed by atoms with Crippen molar-refractivity contribution < 1.29 is 4.39 Å². The summed E-state index contributed by atoms with van der Waals surface area (Å²) >= 11 is 0. The number of hydrogen-bond acceptors (Lipinski definition) is 2. The van der Waals surface area contributed by atoms with E-state index in [0.29, 0.717) is 12.1 Å². The van der Waals surface area contributed by atoms with Crippen LogP contribution in [0.25, 0.3) is 0 Å². The molecular formula is C15H22FN3. The zero-order valence-electron chi connectivity index (χ0n) is 11.5. The van der Waals surface area contributed by atoms with E-state index in [1.165, 1.54) is 37.8 Å². The number of amidine groups is 1. The van der Waals surface area contributed by atoms with Gasteiger partial charge in [-0.05, 0) is 43.5 Å². The standard InChI is InChI=1S/C15H22FN3/c1-19(9-11-4-2-3-5-11)10-12-6-7-13(16)8-14(12)15(17)18/h6-8,11H,2-5,9-10H2,1H3,(H3,17,18). The van der Waals surface area contributed by atoms with Crippen LogP contribution in [0.2, 0.25) is 0 Å². The van der Waals surface area contributed by atoms with Crippen molar-refractivity contribution in [2.24, 2.45) is 11.7 Å². The number of nitrogens with two attached hydrogens (primary N) is 1. The minimum atomic E-state index is -0.340. The van der Waals surface area contributed by atoms with Crippen LogP contribution in [-0.2, 0) is 6.54 Å².